The van der Waals surface area contributed by atoms with E-state index >= 15 is 0 Å². The van der Waals surface area contributed by atoms with Gasteiger partial charge in [-0.25, -0.2) is 0 Å². The number of nitrogens with one attached hydrogen (secondary N) is 1. The number of likely N-dealkylation sites (tertiary alicyclic amines) is 1. The fourth-order valence-electron chi connectivity index (χ4n) is 2.16. The smallest absolute Gasteiger partial charge is 0.242 e. The maximum Gasteiger partial charge on any atom is 0.242 e. The van der Waals surface area contributed by atoms with E-state index in [1.165, 1.54) is 0 Å². The Labute approximate surface area is 114 Å². The molecule has 0 bridgehead atoms. The number of amides is 2. The Bertz CT molecular complexity index is 338. The predicted molar refractivity (Wildman–Crippen MR) is 72.3 cm³/mol. The Morgan fingerprint density at radius 1 is 1.42 bits per heavy atom. The summed E-state index contributed by atoms with van der Waals surface area (Å²) in [6.45, 7) is 6.35. The molecule has 1 rings (SSSR count). The lowest BCUT2D eigenvalue weighted by Gasteiger charge is -2.46. The molecule has 0 aliphatic carbocycles. The van der Waals surface area contributed by atoms with Gasteiger partial charge in [0.2, 0.25) is 11.8 Å². The highest BCUT2D eigenvalue weighted by Crippen LogP contribution is 2.25. The summed E-state index contributed by atoms with van der Waals surface area (Å²) in [5.41, 5.74) is 4.94. The number of aliphatic hydroxyl groups is 1. The van der Waals surface area contributed by atoms with Crippen molar-refractivity contribution in [2.75, 3.05) is 19.6 Å². The molecule has 110 valence electrons. The minimum absolute atomic E-state index is 0.0359. The molecular weight excluding hydrogens is 246 g/mol. The summed E-state index contributed by atoms with van der Waals surface area (Å²) in [4.78, 5) is 24.9. The molecule has 4 N–H and O–H groups in total. The molecule has 1 saturated heterocycles. The number of nitrogens with zero attached hydrogens (tertiary/aromatic N) is 1. The highest BCUT2D eigenvalue weighted by Gasteiger charge is 2.42. The van der Waals surface area contributed by atoms with Crippen molar-refractivity contribution in [1.82, 2.24) is 10.2 Å². The number of nitrogens with two attached hydrogens (primary N) is 1. The molecule has 1 fully saturated rings. The van der Waals surface area contributed by atoms with Crippen LogP contribution in [0.3, 0.4) is 0 Å². The van der Waals surface area contributed by atoms with Gasteiger partial charge in [0.05, 0.1) is 31.3 Å². The van der Waals surface area contributed by atoms with Gasteiger partial charge in [0, 0.05) is 0 Å². The number of β-amino-alcohol motifs (C(OH)–C–C–N with tert-alkyl or cyclic N) is 1. The molecule has 19 heavy (non-hydrogen) atoms. The van der Waals surface area contributed by atoms with Gasteiger partial charge in [0.15, 0.2) is 0 Å². The molecular formula is C13H25N3O3. The highest BCUT2D eigenvalue weighted by atomic mass is 16.3. The molecule has 0 spiro atoms. The first-order valence-corrected chi connectivity index (χ1v) is 6.82. The summed E-state index contributed by atoms with van der Waals surface area (Å²) in [6, 6.07) is -0.596. The van der Waals surface area contributed by atoms with Crippen LogP contribution in [0.5, 0.6) is 0 Å². The Morgan fingerprint density at radius 2 is 2.00 bits per heavy atom. The largest absolute Gasteiger partial charge is 0.386 e. The van der Waals surface area contributed by atoms with E-state index in [1.54, 1.807) is 4.90 Å². The van der Waals surface area contributed by atoms with E-state index < -0.39 is 11.6 Å². The van der Waals surface area contributed by atoms with Crippen molar-refractivity contribution in [3.8, 4) is 0 Å². The third-order valence-electron chi connectivity index (χ3n) is 3.47. The van der Waals surface area contributed by atoms with Crippen molar-refractivity contribution < 1.29 is 14.7 Å². The van der Waals surface area contributed by atoms with Crippen LogP contribution >= 0.6 is 0 Å². The first kappa shape index (κ1) is 15.9. The summed E-state index contributed by atoms with van der Waals surface area (Å²) >= 11 is 0. The molecule has 1 atom stereocenters. The van der Waals surface area contributed by atoms with Crippen molar-refractivity contribution >= 4 is 11.8 Å². The maximum atomic E-state index is 11.8. The molecule has 0 aromatic rings. The quantitative estimate of drug-likeness (QED) is 0.604. The van der Waals surface area contributed by atoms with E-state index in [0.29, 0.717) is 19.5 Å². The molecule has 0 aromatic carbocycles. The standard InChI is InChI=1S/C13H25N3O3/c1-4-5-13(19)7-16(8-13)10(17)6-15-12(18)11(14)9(2)3/h9,11,19H,4-8,14H2,1-3H3,(H,15,18)/t11-/m0/s1. The van der Waals surface area contributed by atoms with E-state index in [0.717, 1.165) is 6.42 Å². The van der Waals surface area contributed by atoms with Crippen molar-refractivity contribution in [3.05, 3.63) is 0 Å². The van der Waals surface area contributed by atoms with Gasteiger partial charge in [-0.1, -0.05) is 27.2 Å². The van der Waals surface area contributed by atoms with Gasteiger partial charge in [0.1, 0.15) is 0 Å². The molecule has 0 radical (unpaired) electrons. The Balaban J connectivity index is 2.29. The lowest BCUT2D eigenvalue weighted by atomic mass is 9.89. The average molecular weight is 271 g/mol. The van der Waals surface area contributed by atoms with Gasteiger partial charge in [0.25, 0.3) is 0 Å². The zero-order chi connectivity index (χ0) is 14.6. The topological polar surface area (TPSA) is 95.7 Å². The minimum atomic E-state index is -0.733. The zero-order valence-corrected chi connectivity index (χ0v) is 12.0. The van der Waals surface area contributed by atoms with E-state index in [4.69, 9.17) is 5.73 Å². The van der Waals surface area contributed by atoms with Crippen LogP contribution in [0, 0.1) is 5.92 Å². The summed E-state index contributed by atoms with van der Waals surface area (Å²) < 4.78 is 0. The van der Waals surface area contributed by atoms with Gasteiger partial charge in [-0.15, -0.1) is 0 Å². The van der Waals surface area contributed by atoms with Gasteiger partial charge in [-0.3, -0.25) is 9.59 Å². The number of carbonyl (C=O) groups is 2. The summed E-state index contributed by atoms with van der Waals surface area (Å²) in [5, 5.41) is 12.5. The minimum Gasteiger partial charge on any atom is -0.386 e. The van der Waals surface area contributed by atoms with Crippen molar-refractivity contribution in [3.63, 3.8) is 0 Å². The first-order chi connectivity index (χ1) is 8.79. The highest BCUT2D eigenvalue weighted by molar-refractivity contribution is 5.87. The molecule has 6 heteroatoms. The van der Waals surface area contributed by atoms with Crippen LogP contribution in [0.4, 0.5) is 0 Å². The van der Waals surface area contributed by atoms with Gasteiger partial charge < -0.3 is 21.1 Å². The lowest BCUT2D eigenvalue weighted by Crippen LogP contribution is -2.64. The Hall–Kier alpha value is -1.14. The SMILES string of the molecule is CCCC1(O)CN(C(=O)CNC(=O)[C@@H](N)C(C)C)C1. The Kier molecular flexibility index (Phi) is 5.31. The van der Waals surface area contributed by atoms with Crippen LogP contribution in [0.15, 0.2) is 0 Å². The number of rotatable bonds is 6. The van der Waals surface area contributed by atoms with Crippen molar-refractivity contribution in [2.45, 2.75) is 45.3 Å². The fraction of sp³-hybridized carbons (Fsp3) is 0.846. The molecule has 6 nitrogen and oxygen atoms in total. The first-order valence-electron chi connectivity index (χ1n) is 6.82. The summed E-state index contributed by atoms with van der Waals surface area (Å²) in [7, 11) is 0. The maximum absolute atomic E-state index is 11.8. The van der Waals surface area contributed by atoms with Crippen molar-refractivity contribution in [1.29, 1.82) is 0 Å². The van der Waals surface area contributed by atoms with E-state index in [2.05, 4.69) is 5.32 Å². The number of hydrogen-bond acceptors (Lipinski definition) is 4. The van der Waals surface area contributed by atoms with E-state index in [1.807, 2.05) is 20.8 Å². The normalized spacial score (nSPS) is 18.9. The van der Waals surface area contributed by atoms with Crippen LogP contribution < -0.4 is 11.1 Å². The van der Waals surface area contributed by atoms with Gasteiger partial charge >= 0.3 is 0 Å². The third-order valence-corrected chi connectivity index (χ3v) is 3.47. The average Bonchev–Trinajstić information content (AvgIpc) is 2.31. The Morgan fingerprint density at radius 3 is 2.47 bits per heavy atom. The van der Waals surface area contributed by atoms with Crippen LogP contribution in [-0.4, -0.2) is 53.1 Å². The molecule has 1 aliphatic heterocycles. The molecule has 1 heterocycles. The third kappa shape index (κ3) is 4.18. The van der Waals surface area contributed by atoms with Crippen LogP contribution in [0.25, 0.3) is 0 Å². The monoisotopic (exact) mass is 271 g/mol. The van der Waals surface area contributed by atoms with Crippen molar-refractivity contribution in [2.24, 2.45) is 11.7 Å². The second kappa shape index (κ2) is 6.34. The number of carbonyl (C=O) groups excluding carboxylic acids is 2. The number of hydrogen-bond donors (Lipinski definition) is 3. The van der Waals surface area contributed by atoms with Crippen LogP contribution in [-0.2, 0) is 9.59 Å². The van der Waals surface area contributed by atoms with E-state index in [9.17, 15) is 14.7 Å². The van der Waals surface area contributed by atoms with Crippen LogP contribution in [0.1, 0.15) is 33.6 Å². The molecule has 1 aliphatic rings. The van der Waals surface area contributed by atoms with Crippen LogP contribution in [0.2, 0.25) is 0 Å². The molecule has 2 amide bonds. The summed E-state index contributed by atoms with van der Waals surface area (Å²) in [5.74, 6) is -0.452. The fourth-order valence-corrected chi connectivity index (χ4v) is 2.16. The van der Waals surface area contributed by atoms with E-state index in [-0.39, 0.29) is 24.3 Å². The van der Waals surface area contributed by atoms with Gasteiger partial charge in [-0.2, -0.15) is 0 Å². The second-order valence-electron chi connectivity index (χ2n) is 5.71. The lowest BCUT2D eigenvalue weighted by molar-refractivity contribution is -0.156. The van der Waals surface area contributed by atoms with Gasteiger partial charge in [-0.05, 0) is 12.3 Å². The molecule has 0 unspecified atom stereocenters. The summed E-state index contributed by atoms with van der Waals surface area (Å²) in [6.07, 6.45) is 1.58. The molecule has 0 saturated carbocycles. The second-order valence-corrected chi connectivity index (χ2v) is 5.71. The predicted octanol–water partition coefficient (Wildman–Crippen LogP) is -0.541. The molecule has 0 aromatic heterocycles. The zero-order valence-electron chi connectivity index (χ0n) is 12.0.